The van der Waals surface area contributed by atoms with E-state index in [4.69, 9.17) is 15.7 Å². The highest BCUT2D eigenvalue weighted by Crippen LogP contribution is 2.22. The van der Waals surface area contributed by atoms with Crippen LogP contribution in [0.25, 0.3) is 0 Å². The van der Waals surface area contributed by atoms with Gasteiger partial charge in [-0.1, -0.05) is 0 Å². The SMILES string of the molecule is CC(C)(C)OC(=O)N1C[C@H](N)CCC1C(O)C#N. The first kappa shape index (κ1) is 14.7. The summed E-state index contributed by atoms with van der Waals surface area (Å²) in [7, 11) is 0. The summed E-state index contributed by atoms with van der Waals surface area (Å²) in [6.45, 7) is 5.61. The molecule has 3 atom stereocenters. The fraction of sp³-hybridized carbons (Fsp3) is 0.833. The third-order valence-electron chi connectivity index (χ3n) is 2.79. The molecular formula is C12H21N3O3. The molecule has 0 aromatic rings. The molecule has 0 spiro atoms. The number of nitriles is 1. The molecule has 6 nitrogen and oxygen atoms in total. The second kappa shape index (κ2) is 5.55. The number of amides is 1. The zero-order chi connectivity index (χ0) is 13.9. The van der Waals surface area contributed by atoms with Gasteiger partial charge in [-0.2, -0.15) is 5.26 Å². The third-order valence-corrected chi connectivity index (χ3v) is 2.79. The summed E-state index contributed by atoms with van der Waals surface area (Å²) >= 11 is 0. The molecule has 1 fully saturated rings. The number of carbonyl (C=O) groups excluding carboxylic acids is 1. The fourth-order valence-electron chi connectivity index (χ4n) is 1.96. The topological polar surface area (TPSA) is 99.6 Å². The van der Waals surface area contributed by atoms with Gasteiger partial charge in [-0.15, -0.1) is 0 Å². The van der Waals surface area contributed by atoms with Gasteiger partial charge in [0.25, 0.3) is 0 Å². The van der Waals surface area contributed by atoms with E-state index in [2.05, 4.69) is 0 Å². The Morgan fingerprint density at radius 3 is 2.67 bits per heavy atom. The van der Waals surface area contributed by atoms with Crippen LogP contribution in [-0.2, 0) is 4.74 Å². The molecule has 102 valence electrons. The van der Waals surface area contributed by atoms with E-state index in [0.717, 1.165) is 0 Å². The van der Waals surface area contributed by atoms with Gasteiger partial charge in [-0.3, -0.25) is 4.90 Å². The minimum atomic E-state index is -1.20. The molecule has 0 aromatic heterocycles. The number of carbonyl (C=O) groups is 1. The average Bonchev–Trinajstić information content (AvgIpc) is 2.25. The maximum absolute atomic E-state index is 12.0. The van der Waals surface area contributed by atoms with Crippen molar-refractivity contribution in [2.75, 3.05) is 6.54 Å². The van der Waals surface area contributed by atoms with Gasteiger partial charge < -0.3 is 15.6 Å². The molecule has 3 N–H and O–H groups in total. The molecule has 1 saturated heterocycles. The lowest BCUT2D eigenvalue weighted by Gasteiger charge is -2.39. The molecule has 1 amide bonds. The molecular weight excluding hydrogens is 234 g/mol. The average molecular weight is 255 g/mol. The Kier molecular flexibility index (Phi) is 4.54. The molecule has 0 bridgehead atoms. The molecule has 1 heterocycles. The Morgan fingerprint density at radius 1 is 1.56 bits per heavy atom. The van der Waals surface area contributed by atoms with E-state index < -0.39 is 23.8 Å². The van der Waals surface area contributed by atoms with E-state index >= 15 is 0 Å². The smallest absolute Gasteiger partial charge is 0.410 e. The Bertz CT molecular complexity index is 345. The first-order chi connectivity index (χ1) is 8.24. The van der Waals surface area contributed by atoms with Crippen LogP contribution in [0.2, 0.25) is 0 Å². The lowest BCUT2D eigenvalue weighted by molar-refractivity contribution is -0.00924. The maximum atomic E-state index is 12.0. The number of hydrogen-bond donors (Lipinski definition) is 2. The summed E-state index contributed by atoms with van der Waals surface area (Å²) in [5.74, 6) is 0. The molecule has 1 rings (SSSR count). The number of ether oxygens (including phenoxy) is 1. The number of aliphatic hydroxyl groups excluding tert-OH is 1. The normalized spacial score (nSPS) is 26.3. The number of aliphatic hydroxyl groups is 1. The Hall–Kier alpha value is -1.32. The molecule has 0 radical (unpaired) electrons. The van der Waals surface area contributed by atoms with Crippen molar-refractivity contribution in [1.29, 1.82) is 5.26 Å². The van der Waals surface area contributed by atoms with Crippen molar-refractivity contribution in [2.45, 2.75) is 57.4 Å². The van der Waals surface area contributed by atoms with Crippen molar-refractivity contribution in [1.82, 2.24) is 4.90 Å². The summed E-state index contributed by atoms with van der Waals surface area (Å²) in [6, 6.07) is 1.09. The molecule has 2 unspecified atom stereocenters. The van der Waals surface area contributed by atoms with E-state index in [9.17, 15) is 9.90 Å². The number of piperidine rings is 1. The summed E-state index contributed by atoms with van der Waals surface area (Å²) in [4.78, 5) is 13.4. The second-order valence-corrected chi connectivity index (χ2v) is 5.61. The highest BCUT2D eigenvalue weighted by Gasteiger charge is 2.36. The predicted molar refractivity (Wildman–Crippen MR) is 65.6 cm³/mol. The molecule has 6 heteroatoms. The first-order valence-corrected chi connectivity index (χ1v) is 6.07. The zero-order valence-corrected chi connectivity index (χ0v) is 11.1. The minimum absolute atomic E-state index is 0.139. The van der Waals surface area contributed by atoms with Crippen molar-refractivity contribution in [2.24, 2.45) is 5.73 Å². The summed E-state index contributed by atoms with van der Waals surface area (Å²) in [5.41, 5.74) is 5.21. The number of likely N-dealkylation sites (tertiary alicyclic amines) is 1. The molecule has 1 aliphatic heterocycles. The van der Waals surface area contributed by atoms with Crippen LogP contribution in [-0.4, -0.2) is 46.4 Å². The van der Waals surface area contributed by atoms with Crippen molar-refractivity contribution in [3.63, 3.8) is 0 Å². The van der Waals surface area contributed by atoms with Gasteiger partial charge in [0.05, 0.1) is 12.1 Å². The summed E-state index contributed by atoms with van der Waals surface area (Å²) < 4.78 is 5.26. The van der Waals surface area contributed by atoms with Crippen molar-refractivity contribution in [3.8, 4) is 6.07 Å². The summed E-state index contributed by atoms with van der Waals surface area (Å²) in [6.07, 6.45) is -0.542. The predicted octanol–water partition coefficient (Wildman–Crippen LogP) is 0.598. The molecule has 18 heavy (non-hydrogen) atoms. The van der Waals surface area contributed by atoms with Gasteiger partial charge in [0.2, 0.25) is 0 Å². The van der Waals surface area contributed by atoms with Gasteiger partial charge in [-0.25, -0.2) is 4.79 Å². The zero-order valence-electron chi connectivity index (χ0n) is 11.1. The van der Waals surface area contributed by atoms with Gasteiger partial charge in [0, 0.05) is 12.6 Å². The highest BCUT2D eigenvalue weighted by molar-refractivity contribution is 5.69. The van der Waals surface area contributed by atoms with E-state index in [1.165, 1.54) is 4.90 Å². The van der Waals surface area contributed by atoms with Crippen LogP contribution < -0.4 is 5.73 Å². The lowest BCUT2D eigenvalue weighted by atomic mass is 9.95. The van der Waals surface area contributed by atoms with Gasteiger partial charge >= 0.3 is 6.09 Å². The Balaban J connectivity index is 2.79. The molecule has 1 aliphatic rings. The largest absolute Gasteiger partial charge is 0.444 e. The molecule has 0 aliphatic carbocycles. The highest BCUT2D eigenvalue weighted by atomic mass is 16.6. The Morgan fingerprint density at radius 2 is 2.17 bits per heavy atom. The molecule has 0 aromatic carbocycles. The van der Waals surface area contributed by atoms with Crippen LogP contribution in [0.4, 0.5) is 4.79 Å². The van der Waals surface area contributed by atoms with E-state index in [-0.39, 0.29) is 6.04 Å². The Labute approximate surface area is 107 Å². The van der Waals surface area contributed by atoms with E-state index in [1.54, 1.807) is 26.8 Å². The number of nitrogens with two attached hydrogens (primary N) is 1. The van der Waals surface area contributed by atoms with Crippen LogP contribution in [0.5, 0.6) is 0 Å². The van der Waals surface area contributed by atoms with Gasteiger partial charge in [0.15, 0.2) is 6.10 Å². The fourth-order valence-corrected chi connectivity index (χ4v) is 1.96. The van der Waals surface area contributed by atoms with Crippen LogP contribution >= 0.6 is 0 Å². The number of hydrogen-bond acceptors (Lipinski definition) is 5. The maximum Gasteiger partial charge on any atom is 0.410 e. The van der Waals surface area contributed by atoms with Crippen LogP contribution in [0, 0.1) is 11.3 Å². The van der Waals surface area contributed by atoms with Gasteiger partial charge in [-0.05, 0) is 33.6 Å². The molecule has 0 saturated carbocycles. The van der Waals surface area contributed by atoms with Crippen molar-refractivity contribution < 1.29 is 14.6 Å². The second-order valence-electron chi connectivity index (χ2n) is 5.61. The lowest BCUT2D eigenvalue weighted by Crippen LogP contribution is -2.56. The van der Waals surface area contributed by atoms with Gasteiger partial charge in [0.1, 0.15) is 5.60 Å². The quantitative estimate of drug-likeness (QED) is 0.668. The summed E-state index contributed by atoms with van der Waals surface area (Å²) in [5, 5.41) is 18.4. The standard InChI is InChI=1S/C12H21N3O3/c1-12(2,3)18-11(17)15-7-8(14)4-5-9(15)10(16)6-13/h8-10,16H,4-5,7,14H2,1-3H3/t8-,9?,10?/m1/s1. The first-order valence-electron chi connectivity index (χ1n) is 6.07. The van der Waals surface area contributed by atoms with Crippen molar-refractivity contribution in [3.05, 3.63) is 0 Å². The number of nitrogens with zero attached hydrogens (tertiary/aromatic N) is 2. The van der Waals surface area contributed by atoms with E-state index in [1.807, 2.05) is 0 Å². The van der Waals surface area contributed by atoms with Crippen LogP contribution in [0.15, 0.2) is 0 Å². The minimum Gasteiger partial charge on any atom is -0.444 e. The third kappa shape index (κ3) is 3.86. The van der Waals surface area contributed by atoms with E-state index in [0.29, 0.717) is 19.4 Å². The van der Waals surface area contributed by atoms with Crippen LogP contribution in [0.3, 0.4) is 0 Å². The number of rotatable bonds is 1. The van der Waals surface area contributed by atoms with Crippen LogP contribution in [0.1, 0.15) is 33.6 Å². The monoisotopic (exact) mass is 255 g/mol. The van der Waals surface area contributed by atoms with Crippen molar-refractivity contribution >= 4 is 6.09 Å².